The monoisotopic (exact) mass is 1400 g/mol. The van der Waals surface area contributed by atoms with Crippen LogP contribution >= 0.6 is 0 Å². The molecule has 0 spiro atoms. The average molecular weight is 1410 g/mol. The van der Waals surface area contributed by atoms with Gasteiger partial charge in [0.15, 0.2) is 99.8 Å². The summed E-state index contributed by atoms with van der Waals surface area (Å²) in [6, 6.07) is 5.15. The van der Waals surface area contributed by atoms with Gasteiger partial charge in [-0.25, -0.2) is 0 Å². The lowest BCUT2D eigenvalue weighted by molar-refractivity contribution is -0.137. The molecule has 14 nitrogen and oxygen atoms in total. The smallest absolute Gasteiger partial charge is 0.469 e. The van der Waals surface area contributed by atoms with Gasteiger partial charge in [0.1, 0.15) is 0 Å². The third-order valence-corrected chi connectivity index (χ3v) is 64.2. The summed E-state index contributed by atoms with van der Waals surface area (Å²) in [6.07, 6.45) is 8.24. The van der Waals surface area contributed by atoms with E-state index < -0.39 is 141 Å². The maximum Gasteiger partial charge on any atom is 0.469 e. The summed E-state index contributed by atoms with van der Waals surface area (Å²) in [4.78, 5) is 11.2. The van der Waals surface area contributed by atoms with Gasteiger partial charge < -0.3 is 54.5 Å². The van der Waals surface area contributed by atoms with Gasteiger partial charge in [0.2, 0.25) is 0 Å². The molecule has 80 heavy (non-hydrogen) atoms. The Morgan fingerprint density at radius 1 is 0.225 bits per heavy atom. The Morgan fingerprint density at radius 2 is 0.388 bits per heavy atom. The molecule has 0 aliphatic heterocycles. The Morgan fingerprint density at radius 3 is 0.562 bits per heavy atom. The molecule has 0 fully saturated rings. The normalized spacial score (nSPS) is 15.3. The number of hydrogen-bond donors (Lipinski definition) is 1. The third kappa shape index (κ3) is 42.4. The Labute approximate surface area is 512 Å². The minimum Gasteiger partial charge on any atom is -0.481 e. The first-order chi connectivity index (χ1) is 35.0. The van der Waals surface area contributed by atoms with Crippen LogP contribution in [0.3, 0.4) is 0 Å². The van der Waals surface area contributed by atoms with Crippen molar-refractivity contribution in [3.8, 4) is 0 Å². The van der Waals surface area contributed by atoms with Crippen LogP contribution in [0.25, 0.3) is 0 Å². The molecule has 0 heterocycles. The highest BCUT2D eigenvalue weighted by molar-refractivity contribution is 6.95. The summed E-state index contributed by atoms with van der Waals surface area (Å²) >= 11 is 0. The van der Waals surface area contributed by atoms with E-state index in [9.17, 15) is 9.90 Å². The number of carbonyl (C=O) groups is 1. The number of unbranched alkanes of at least 4 members (excludes halogenated alkanes) is 7. The fraction of sp³-hybridized carbons (Fsp3) is 0.980. The van der Waals surface area contributed by atoms with Gasteiger partial charge in [0.05, 0.1) is 0 Å². The van der Waals surface area contributed by atoms with Crippen molar-refractivity contribution in [2.24, 2.45) is 0 Å². The lowest BCUT2D eigenvalue weighted by atomic mass is 10.1. The first-order valence-electron chi connectivity index (χ1n) is 30.7. The minimum atomic E-state index is -3.62. The summed E-state index contributed by atoms with van der Waals surface area (Å²) in [5.41, 5.74) is 0. The number of hydrogen-bond acceptors (Lipinski definition) is 13. The molecule has 0 aliphatic carbocycles. The summed E-state index contributed by atoms with van der Waals surface area (Å²) in [6.45, 7) is 75.3. The summed E-state index contributed by atoms with van der Waals surface area (Å²) < 4.78 is 90.1. The van der Waals surface area contributed by atoms with Crippen molar-refractivity contribution < 1.29 is 59.3 Å². The second kappa shape index (κ2) is 31.5. The first kappa shape index (κ1) is 82.5. The highest BCUT2D eigenvalue weighted by Crippen LogP contribution is 2.41. The number of aliphatic carboxylic acids is 1. The fourth-order valence-corrected chi connectivity index (χ4v) is 77.4. The molecule has 0 bridgehead atoms. The molecule has 0 amide bonds. The maximum atomic E-state index is 11.2. The van der Waals surface area contributed by atoms with Crippen molar-refractivity contribution in [3.63, 3.8) is 0 Å². The molecule has 0 radical (unpaired) electrons. The van der Waals surface area contributed by atoms with Gasteiger partial charge in [-0.15, -0.1) is 0 Å². The van der Waals surface area contributed by atoms with Crippen LogP contribution in [0.2, 0.25) is 258 Å². The summed E-state index contributed by atoms with van der Waals surface area (Å²) in [7, 11) is -40.8. The van der Waals surface area contributed by atoms with E-state index in [0.29, 0.717) is 18.1 Å². The minimum absolute atomic E-state index is 0.243. The molecule has 0 aromatic rings. The van der Waals surface area contributed by atoms with E-state index >= 15 is 0 Å². The molecule has 0 rings (SSSR count). The second-order valence-corrected chi connectivity index (χ2v) is 101. The molecular weight excluding hydrogens is 1270 g/mol. The zero-order chi connectivity index (χ0) is 63.4. The molecule has 0 aliphatic rings. The van der Waals surface area contributed by atoms with Gasteiger partial charge in [-0.05, 0) is 247 Å². The van der Waals surface area contributed by atoms with Crippen molar-refractivity contribution in [1.29, 1.82) is 0 Å². The molecular formula is C50H132O14Si16. The van der Waals surface area contributed by atoms with Gasteiger partial charge in [0, 0.05) is 30.6 Å². The zero-order valence-electron chi connectivity index (χ0n) is 58.6. The van der Waals surface area contributed by atoms with E-state index in [-0.39, 0.29) is 6.42 Å². The van der Waals surface area contributed by atoms with Gasteiger partial charge in [0.25, 0.3) is 0 Å². The molecule has 0 saturated heterocycles. The van der Waals surface area contributed by atoms with Crippen molar-refractivity contribution in [2.45, 2.75) is 316 Å². The second-order valence-electron chi connectivity index (χ2n) is 33.5. The lowest BCUT2D eigenvalue weighted by Crippen LogP contribution is -2.64. The third-order valence-electron chi connectivity index (χ3n) is 11.2. The van der Waals surface area contributed by atoms with Gasteiger partial charge in [-0.2, -0.15) is 0 Å². The van der Waals surface area contributed by atoms with Crippen LogP contribution in [0.15, 0.2) is 0 Å². The highest BCUT2D eigenvalue weighted by atomic mass is 28.5. The Hall–Kier alpha value is 2.46. The Bertz CT molecular complexity index is 1520. The van der Waals surface area contributed by atoms with E-state index in [1.54, 1.807) is 0 Å². The van der Waals surface area contributed by atoms with E-state index in [0.717, 1.165) is 75.5 Å². The quantitative estimate of drug-likeness (QED) is 0.0456. The van der Waals surface area contributed by atoms with Crippen LogP contribution in [-0.4, -0.2) is 146 Å². The lowest BCUT2D eigenvalue weighted by Gasteiger charge is -2.48. The standard InChI is InChI=1S/C50H132O14Si16/c1-65(2,3)53-78(54-66(4,5)6,55-67(7,8)9)47-44-74(28,29)62-77(43-41-39-37-35-34-36-38-40-42-50(51)52,63-75(30,31)45-48-79(56-68(10,11)12,57-69(13,14)15)58-70(16,17)18)64-76(32,33)46-49-80(59-71(19,20)21,60-72(22,23)24)61-73(25,26)27/h34-49H2,1-33H3,(H,51,52). The van der Waals surface area contributed by atoms with Gasteiger partial charge >= 0.3 is 41.2 Å². The van der Waals surface area contributed by atoms with E-state index in [1.165, 1.54) is 0 Å². The highest BCUT2D eigenvalue weighted by Gasteiger charge is 2.58. The van der Waals surface area contributed by atoms with E-state index in [4.69, 9.17) is 49.4 Å². The Kier molecular flexibility index (Phi) is 32.4. The van der Waals surface area contributed by atoms with Crippen molar-refractivity contribution in [1.82, 2.24) is 0 Å². The zero-order valence-corrected chi connectivity index (χ0v) is 74.6. The Balaban J connectivity index is 8.39. The average Bonchev–Trinajstić information content (AvgIpc) is 3.09. The first-order valence-corrected chi connectivity index (χ1v) is 78.4. The molecule has 30 heteroatoms. The molecule has 480 valence electrons. The van der Waals surface area contributed by atoms with Crippen molar-refractivity contribution >= 4 is 141 Å². The van der Waals surface area contributed by atoms with Crippen LogP contribution in [0.1, 0.15) is 57.8 Å². The van der Waals surface area contributed by atoms with Crippen LogP contribution in [0, 0.1) is 0 Å². The van der Waals surface area contributed by atoms with Crippen LogP contribution in [0.4, 0.5) is 0 Å². The predicted octanol–water partition coefficient (Wildman–Crippen LogP) is 18.7. The van der Waals surface area contributed by atoms with Crippen LogP contribution < -0.4 is 0 Å². The van der Waals surface area contributed by atoms with Crippen LogP contribution in [0.5, 0.6) is 0 Å². The number of carboxylic acids is 1. The molecule has 0 saturated carbocycles. The molecule has 0 aromatic carbocycles. The van der Waals surface area contributed by atoms with Gasteiger partial charge in [-0.3, -0.25) is 4.79 Å². The number of rotatable bonds is 44. The van der Waals surface area contributed by atoms with Crippen molar-refractivity contribution in [3.05, 3.63) is 0 Å². The van der Waals surface area contributed by atoms with Crippen molar-refractivity contribution in [2.75, 3.05) is 0 Å². The topological polar surface area (TPSA) is 148 Å². The molecule has 0 atom stereocenters. The van der Waals surface area contributed by atoms with E-state index in [2.05, 4.69) is 216 Å². The molecule has 0 unspecified atom stereocenters. The largest absolute Gasteiger partial charge is 0.481 e. The molecule has 1 N–H and O–H groups in total. The van der Waals surface area contributed by atoms with Gasteiger partial charge in [-0.1, -0.05) is 38.5 Å². The maximum absolute atomic E-state index is 11.2. The summed E-state index contributed by atoms with van der Waals surface area (Å²) in [5.74, 6) is -0.712. The van der Waals surface area contributed by atoms with E-state index in [1.807, 2.05) is 0 Å². The SMILES string of the molecule is C[Si](C)(C)O[Si](CC[Si](C)(C)O[Si](CCCCCCCCCCC(=O)O)(O[Si](C)(C)CC[Si](O[Si](C)(C)C)(O[Si](C)(C)C)O[Si](C)(C)C)O[Si](C)(C)CC[Si](O[Si](C)(C)C)(O[Si](C)(C)C)O[Si](C)(C)C)(O[Si](C)(C)C)O[Si](C)(C)C. The fourth-order valence-electron chi connectivity index (χ4n) is 9.52. The molecule has 0 aromatic heterocycles. The van der Waals surface area contributed by atoms with Crippen LogP contribution in [-0.2, 0) is 54.2 Å². The summed E-state index contributed by atoms with van der Waals surface area (Å²) in [5, 5.41) is 9.20. The number of carboxylic acid groups (broad SMARTS) is 1. The predicted molar refractivity (Wildman–Crippen MR) is 381 cm³/mol.